The molecule has 35 heavy (non-hydrogen) atoms. The first kappa shape index (κ1) is 26.8. The predicted octanol–water partition coefficient (Wildman–Crippen LogP) is 0.810. The van der Waals surface area contributed by atoms with E-state index in [0.717, 1.165) is 4.31 Å². The van der Waals surface area contributed by atoms with Crippen LogP contribution in [-0.2, 0) is 24.8 Å². The summed E-state index contributed by atoms with van der Waals surface area (Å²) < 4.78 is 58.1. The monoisotopic (exact) mass is 524 g/mol. The number of amides is 2. The van der Waals surface area contributed by atoms with E-state index in [2.05, 4.69) is 10.9 Å². The SMILES string of the molecule is C[C@@H]1CN(S(=O)(=O)c2ccc(C(=O)NNC(=O)c3ccc(S(=O)(=O)N(C)C)cc3)cc2)C[C@H](C)O1. The number of carbonyl (C=O) groups is 2. The van der Waals surface area contributed by atoms with Gasteiger partial charge in [0.05, 0.1) is 22.0 Å². The molecule has 0 aliphatic carbocycles. The third kappa shape index (κ3) is 6.05. The number of rotatable bonds is 6. The van der Waals surface area contributed by atoms with Crippen LogP contribution in [0.2, 0.25) is 0 Å². The Balaban J connectivity index is 1.62. The molecule has 1 heterocycles. The maximum absolute atomic E-state index is 12.9. The first-order chi connectivity index (χ1) is 16.3. The second-order valence-electron chi connectivity index (χ2n) is 8.32. The third-order valence-corrected chi connectivity index (χ3v) is 9.00. The fourth-order valence-electron chi connectivity index (χ4n) is 3.50. The highest BCUT2D eigenvalue weighted by Crippen LogP contribution is 2.21. The van der Waals surface area contributed by atoms with Gasteiger partial charge < -0.3 is 4.74 Å². The Bertz CT molecular complexity index is 1280. The molecule has 13 heteroatoms. The predicted molar refractivity (Wildman–Crippen MR) is 127 cm³/mol. The van der Waals surface area contributed by atoms with Crippen LogP contribution in [0.3, 0.4) is 0 Å². The molecule has 3 rings (SSSR count). The number of ether oxygens (including phenoxy) is 1. The molecule has 2 aromatic carbocycles. The van der Waals surface area contributed by atoms with Crippen molar-refractivity contribution in [1.82, 2.24) is 19.5 Å². The van der Waals surface area contributed by atoms with E-state index in [1.54, 1.807) is 13.8 Å². The van der Waals surface area contributed by atoms with Crippen LogP contribution in [0.15, 0.2) is 58.3 Å². The van der Waals surface area contributed by atoms with E-state index in [0.29, 0.717) is 0 Å². The molecule has 0 radical (unpaired) electrons. The summed E-state index contributed by atoms with van der Waals surface area (Å²) in [4.78, 5) is 24.8. The van der Waals surface area contributed by atoms with Crippen molar-refractivity contribution in [2.24, 2.45) is 0 Å². The fraction of sp³-hybridized carbons (Fsp3) is 0.364. The molecule has 0 bridgehead atoms. The van der Waals surface area contributed by atoms with E-state index >= 15 is 0 Å². The molecular weight excluding hydrogens is 496 g/mol. The summed E-state index contributed by atoms with van der Waals surface area (Å²) in [5, 5.41) is 0. The van der Waals surface area contributed by atoms with Gasteiger partial charge in [0.25, 0.3) is 11.8 Å². The van der Waals surface area contributed by atoms with Gasteiger partial charge >= 0.3 is 0 Å². The quantitative estimate of drug-likeness (QED) is 0.533. The second kappa shape index (κ2) is 10.4. The Morgan fingerprint density at radius 3 is 1.60 bits per heavy atom. The van der Waals surface area contributed by atoms with Gasteiger partial charge in [0.2, 0.25) is 20.0 Å². The van der Waals surface area contributed by atoms with Crippen molar-refractivity contribution in [3.63, 3.8) is 0 Å². The lowest BCUT2D eigenvalue weighted by Gasteiger charge is -2.34. The molecule has 1 fully saturated rings. The van der Waals surface area contributed by atoms with Gasteiger partial charge in [-0.25, -0.2) is 21.1 Å². The van der Waals surface area contributed by atoms with E-state index in [-0.39, 0.29) is 46.2 Å². The van der Waals surface area contributed by atoms with Crippen LogP contribution in [0.4, 0.5) is 0 Å². The molecule has 0 saturated carbocycles. The Hall–Kier alpha value is -2.84. The number of nitrogens with zero attached hydrogens (tertiary/aromatic N) is 2. The summed E-state index contributed by atoms with van der Waals surface area (Å²) in [6.45, 7) is 4.09. The van der Waals surface area contributed by atoms with Crippen LogP contribution in [0.5, 0.6) is 0 Å². The minimum Gasteiger partial charge on any atom is -0.373 e. The molecule has 11 nitrogen and oxygen atoms in total. The van der Waals surface area contributed by atoms with Crippen molar-refractivity contribution in [2.45, 2.75) is 35.8 Å². The summed E-state index contributed by atoms with van der Waals surface area (Å²) in [5.74, 6) is -1.30. The van der Waals surface area contributed by atoms with Crippen molar-refractivity contribution in [2.75, 3.05) is 27.2 Å². The van der Waals surface area contributed by atoms with E-state index in [1.165, 1.54) is 66.9 Å². The molecule has 190 valence electrons. The highest BCUT2D eigenvalue weighted by molar-refractivity contribution is 7.89. The standard InChI is InChI=1S/C22H28N4O7S2/c1-15-13-26(14-16(2)33-15)35(31,32)20-11-7-18(8-12-20)22(28)24-23-21(27)17-5-9-19(10-6-17)34(29,30)25(3)4/h5-12,15-16H,13-14H2,1-4H3,(H,23,27)(H,24,28)/t15-,16+. The lowest BCUT2D eigenvalue weighted by atomic mass is 10.2. The third-order valence-electron chi connectivity index (χ3n) is 5.33. The minimum absolute atomic E-state index is 0.0270. The van der Waals surface area contributed by atoms with Crippen LogP contribution in [0.1, 0.15) is 34.6 Å². The second-order valence-corrected chi connectivity index (χ2v) is 12.4. The van der Waals surface area contributed by atoms with E-state index in [4.69, 9.17) is 4.74 Å². The van der Waals surface area contributed by atoms with Gasteiger partial charge in [-0.3, -0.25) is 20.4 Å². The maximum atomic E-state index is 12.9. The lowest BCUT2D eigenvalue weighted by Crippen LogP contribution is -2.48. The van der Waals surface area contributed by atoms with E-state index in [1.807, 2.05) is 0 Å². The summed E-state index contributed by atoms with van der Waals surface area (Å²) >= 11 is 0. The number of carbonyl (C=O) groups excluding carboxylic acids is 2. The van der Waals surface area contributed by atoms with Gasteiger partial charge in [0.15, 0.2) is 0 Å². The Morgan fingerprint density at radius 1 is 0.800 bits per heavy atom. The van der Waals surface area contributed by atoms with Crippen molar-refractivity contribution in [3.05, 3.63) is 59.7 Å². The van der Waals surface area contributed by atoms with Crippen LogP contribution in [-0.4, -0.2) is 76.7 Å². The first-order valence-corrected chi connectivity index (χ1v) is 13.6. The smallest absolute Gasteiger partial charge is 0.269 e. The lowest BCUT2D eigenvalue weighted by molar-refractivity contribution is -0.0440. The highest BCUT2D eigenvalue weighted by atomic mass is 32.2. The van der Waals surface area contributed by atoms with E-state index in [9.17, 15) is 26.4 Å². The minimum atomic E-state index is -3.75. The zero-order valence-electron chi connectivity index (χ0n) is 19.8. The zero-order chi connectivity index (χ0) is 26.0. The van der Waals surface area contributed by atoms with Crippen molar-refractivity contribution >= 4 is 31.9 Å². The summed E-state index contributed by atoms with van der Waals surface area (Å²) in [6, 6.07) is 10.6. The largest absolute Gasteiger partial charge is 0.373 e. The number of hydrogen-bond acceptors (Lipinski definition) is 7. The molecule has 1 aliphatic heterocycles. The number of morpholine rings is 1. The number of hydrogen-bond donors (Lipinski definition) is 2. The summed E-state index contributed by atoms with van der Waals surface area (Å²) in [7, 11) is -4.57. The molecule has 0 unspecified atom stereocenters. The highest BCUT2D eigenvalue weighted by Gasteiger charge is 2.32. The summed E-state index contributed by atoms with van der Waals surface area (Å²) in [5.41, 5.74) is 4.77. The van der Waals surface area contributed by atoms with Crippen LogP contribution < -0.4 is 10.9 Å². The Labute approximate surface area is 205 Å². The number of benzene rings is 2. The molecule has 2 N–H and O–H groups in total. The van der Waals surface area contributed by atoms with Gasteiger partial charge in [-0.15, -0.1) is 0 Å². The van der Waals surface area contributed by atoms with Gasteiger partial charge in [0.1, 0.15) is 0 Å². The van der Waals surface area contributed by atoms with Crippen molar-refractivity contribution < 1.29 is 31.2 Å². The first-order valence-electron chi connectivity index (χ1n) is 10.7. The molecular formula is C22H28N4O7S2. The van der Waals surface area contributed by atoms with Gasteiger partial charge in [0, 0.05) is 38.3 Å². The van der Waals surface area contributed by atoms with Crippen LogP contribution in [0, 0.1) is 0 Å². The number of hydrazine groups is 1. The van der Waals surface area contributed by atoms with Gasteiger partial charge in [-0.05, 0) is 62.4 Å². The van der Waals surface area contributed by atoms with Crippen LogP contribution in [0.25, 0.3) is 0 Å². The normalized spacial score (nSPS) is 19.3. The molecule has 2 aromatic rings. The number of sulfonamides is 2. The molecule has 2 amide bonds. The molecule has 0 spiro atoms. The topological polar surface area (TPSA) is 142 Å². The molecule has 0 aromatic heterocycles. The molecule has 2 atom stereocenters. The maximum Gasteiger partial charge on any atom is 0.269 e. The van der Waals surface area contributed by atoms with Gasteiger partial charge in [-0.1, -0.05) is 0 Å². The fourth-order valence-corrected chi connectivity index (χ4v) is 5.99. The average molecular weight is 525 g/mol. The Kier molecular flexibility index (Phi) is 7.97. The van der Waals surface area contributed by atoms with Crippen molar-refractivity contribution in [3.8, 4) is 0 Å². The van der Waals surface area contributed by atoms with E-state index < -0.39 is 31.9 Å². The average Bonchev–Trinajstić information content (AvgIpc) is 2.81. The Morgan fingerprint density at radius 2 is 1.20 bits per heavy atom. The molecule has 1 saturated heterocycles. The zero-order valence-corrected chi connectivity index (χ0v) is 21.4. The van der Waals surface area contributed by atoms with Crippen molar-refractivity contribution in [1.29, 1.82) is 0 Å². The number of nitrogens with one attached hydrogen (secondary N) is 2. The van der Waals surface area contributed by atoms with Gasteiger partial charge in [-0.2, -0.15) is 4.31 Å². The molecule has 1 aliphatic rings. The summed E-state index contributed by atoms with van der Waals surface area (Å²) in [6.07, 6.45) is -0.452. The van der Waals surface area contributed by atoms with Crippen LogP contribution >= 0.6 is 0 Å².